The maximum absolute atomic E-state index is 13.1. The van der Waals surface area contributed by atoms with Crippen molar-refractivity contribution in [3.8, 4) is 0 Å². The fourth-order valence-corrected chi connectivity index (χ4v) is 2.65. The highest BCUT2D eigenvalue weighted by Gasteiger charge is 2.28. The first-order chi connectivity index (χ1) is 12.1. The fraction of sp³-hybridized carbons (Fsp3) is 0.562. The molecule has 2 unspecified atom stereocenters. The molecule has 26 heavy (non-hydrogen) atoms. The number of hydrogen-bond donors (Lipinski definition) is 1. The minimum Gasteiger partial charge on any atom is -0.348 e. The molecule has 1 amide bonds. The number of carbonyl (C=O) groups is 1. The largest absolute Gasteiger partial charge is 0.348 e. The Kier molecular flexibility index (Phi) is 6.04. The maximum Gasteiger partial charge on any atom is 0.282 e. The van der Waals surface area contributed by atoms with E-state index in [9.17, 15) is 22.4 Å². The van der Waals surface area contributed by atoms with Crippen molar-refractivity contribution in [3.63, 3.8) is 0 Å². The van der Waals surface area contributed by atoms with Crippen LogP contribution < -0.4 is 5.32 Å². The molecule has 0 fully saturated rings. The zero-order valence-electron chi connectivity index (χ0n) is 14.9. The number of rotatable bonds is 7. The molecule has 2 aromatic heterocycles. The third-order valence-corrected chi connectivity index (χ3v) is 4.11. The molecular weight excluding hydrogens is 354 g/mol. The predicted molar refractivity (Wildman–Crippen MR) is 86.0 cm³/mol. The van der Waals surface area contributed by atoms with Crippen LogP contribution in [0.15, 0.2) is 12.3 Å². The molecule has 0 bridgehead atoms. The van der Waals surface area contributed by atoms with Gasteiger partial charge >= 0.3 is 0 Å². The Morgan fingerprint density at radius 1 is 1.19 bits per heavy atom. The molecule has 0 saturated carbocycles. The van der Waals surface area contributed by atoms with Crippen LogP contribution in [-0.2, 0) is 11.3 Å². The molecule has 2 atom stereocenters. The summed E-state index contributed by atoms with van der Waals surface area (Å²) in [5.41, 5.74) is 0.0218. The van der Waals surface area contributed by atoms with E-state index in [-0.39, 0.29) is 0 Å². The molecule has 2 rings (SSSR count). The van der Waals surface area contributed by atoms with Crippen LogP contribution in [0.25, 0.3) is 0 Å². The molecule has 0 aliphatic rings. The summed E-state index contributed by atoms with van der Waals surface area (Å²) in [6.45, 7) is 7.45. The van der Waals surface area contributed by atoms with Gasteiger partial charge in [-0.1, -0.05) is 0 Å². The van der Waals surface area contributed by atoms with Gasteiger partial charge in [-0.2, -0.15) is 10.2 Å². The number of nitrogens with zero attached hydrogens (tertiary/aromatic N) is 4. The Morgan fingerprint density at radius 2 is 1.85 bits per heavy atom. The summed E-state index contributed by atoms with van der Waals surface area (Å²) in [5, 5.41) is 10.5. The fourth-order valence-electron chi connectivity index (χ4n) is 2.65. The van der Waals surface area contributed by atoms with E-state index in [1.54, 1.807) is 24.7 Å². The standard InChI is InChI=1S/C16H21F4N5O/c1-5-24-7-11(9(3)22-24)8(2)21-16(26)10(4)25-13(15(19)20)6-12(23-25)14(17)18/h6-8,10,14-15H,5H2,1-4H3,(H,21,26). The van der Waals surface area contributed by atoms with E-state index < -0.39 is 42.2 Å². The van der Waals surface area contributed by atoms with Crippen LogP contribution in [0.4, 0.5) is 17.6 Å². The molecule has 0 radical (unpaired) electrons. The van der Waals surface area contributed by atoms with Crippen molar-refractivity contribution in [3.05, 3.63) is 34.9 Å². The molecular formula is C16H21F4N5O. The molecule has 2 heterocycles. The van der Waals surface area contributed by atoms with Crippen molar-refractivity contribution < 1.29 is 22.4 Å². The number of hydrogen-bond acceptors (Lipinski definition) is 3. The topological polar surface area (TPSA) is 64.7 Å². The molecule has 0 aliphatic heterocycles. The second-order valence-corrected chi connectivity index (χ2v) is 5.97. The number of aryl methyl sites for hydroxylation is 2. The van der Waals surface area contributed by atoms with Crippen molar-refractivity contribution in [1.29, 1.82) is 0 Å². The lowest BCUT2D eigenvalue weighted by Crippen LogP contribution is -2.34. The van der Waals surface area contributed by atoms with Crippen LogP contribution in [0.5, 0.6) is 0 Å². The van der Waals surface area contributed by atoms with Crippen LogP contribution in [0, 0.1) is 6.92 Å². The van der Waals surface area contributed by atoms with Crippen LogP contribution >= 0.6 is 0 Å². The third-order valence-electron chi connectivity index (χ3n) is 4.11. The highest BCUT2D eigenvalue weighted by Crippen LogP contribution is 2.27. The number of nitrogens with one attached hydrogen (secondary N) is 1. The third kappa shape index (κ3) is 4.05. The Labute approximate surface area is 148 Å². The van der Waals surface area contributed by atoms with Gasteiger partial charge in [0, 0.05) is 18.3 Å². The molecule has 2 aromatic rings. The quantitative estimate of drug-likeness (QED) is 0.750. The first-order valence-electron chi connectivity index (χ1n) is 8.15. The van der Waals surface area contributed by atoms with Gasteiger partial charge in [-0.3, -0.25) is 14.2 Å². The van der Waals surface area contributed by atoms with Crippen molar-refractivity contribution in [2.45, 2.75) is 59.2 Å². The minimum atomic E-state index is -3.02. The van der Waals surface area contributed by atoms with Gasteiger partial charge in [0.25, 0.3) is 12.9 Å². The number of aromatic nitrogens is 4. The second-order valence-electron chi connectivity index (χ2n) is 5.97. The lowest BCUT2D eigenvalue weighted by molar-refractivity contribution is -0.125. The lowest BCUT2D eigenvalue weighted by Gasteiger charge is -2.19. The van der Waals surface area contributed by atoms with Gasteiger partial charge in [0.2, 0.25) is 5.91 Å². The number of halogens is 4. The molecule has 1 N–H and O–H groups in total. The predicted octanol–water partition coefficient (Wildman–Crippen LogP) is 3.72. The Morgan fingerprint density at radius 3 is 2.35 bits per heavy atom. The zero-order chi connectivity index (χ0) is 19.6. The van der Waals surface area contributed by atoms with E-state index in [0.717, 1.165) is 11.3 Å². The average Bonchev–Trinajstić information content (AvgIpc) is 3.17. The average molecular weight is 375 g/mol. The highest BCUT2D eigenvalue weighted by molar-refractivity contribution is 5.80. The van der Waals surface area contributed by atoms with Crippen molar-refractivity contribution >= 4 is 5.91 Å². The van der Waals surface area contributed by atoms with Crippen molar-refractivity contribution in [2.75, 3.05) is 0 Å². The summed E-state index contributed by atoms with van der Waals surface area (Å²) >= 11 is 0. The molecule has 0 saturated heterocycles. The highest BCUT2D eigenvalue weighted by atomic mass is 19.3. The second kappa shape index (κ2) is 7.88. The van der Waals surface area contributed by atoms with Gasteiger partial charge in [-0.15, -0.1) is 0 Å². The summed E-state index contributed by atoms with van der Waals surface area (Å²) in [5.74, 6) is -0.605. The first-order valence-corrected chi connectivity index (χ1v) is 8.15. The van der Waals surface area contributed by atoms with Crippen LogP contribution in [0.3, 0.4) is 0 Å². The first kappa shape index (κ1) is 19.9. The van der Waals surface area contributed by atoms with Gasteiger partial charge in [-0.25, -0.2) is 17.6 Å². The van der Waals surface area contributed by atoms with E-state index in [0.29, 0.717) is 17.3 Å². The van der Waals surface area contributed by atoms with Crippen LogP contribution in [-0.4, -0.2) is 25.5 Å². The Hall–Kier alpha value is -2.39. The lowest BCUT2D eigenvalue weighted by atomic mass is 10.1. The maximum atomic E-state index is 13.1. The van der Waals surface area contributed by atoms with Crippen molar-refractivity contribution in [2.24, 2.45) is 0 Å². The molecule has 6 nitrogen and oxygen atoms in total. The van der Waals surface area contributed by atoms with E-state index >= 15 is 0 Å². The zero-order valence-corrected chi connectivity index (χ0v) is 14.9. The van der Waals surface area contributed by atoms with E-state index in [2.05, 4.69) is 15.5 Å². The SMILES string of the molecule is CCn1cc(C(C)NC(=O)C(C)n2nc(C(F)F)cc2C(F)F)c(C)n1. The summed E-state index contributed by atoms with van der Waals surface area (Å²) < 4.78 is 54.1. The number of carbonyl (C=O) groups excluding carboxylic acids is 1. The van der Waals surface area contributed by atoms with Gasteiger partial charge < -0.3 is 5.32 Å². The minimum absolute atomic E-state index is 0.426. The molecule has 144 valence electrons. The number of alkyl halides is 4. The number of amides is 1. The van der Waals surface area contributed by atoms with Crippen molar-refractivity contribution in [1.82, 2.24) is 24.9 Å². The van der Waals surface area contributed by atoms with E-state index in [4.69, 9.17) is 0 Å². The summed E-state index contributed by atoms with van der Waals surface area (Å²) in [7, 11) is 0. The Balaban J connectivity index is 2.20. The summed E-state index contributed by atoms with van der Waals surface area (Å²) in [6.07, 6.45) is -4.23. The summed E-state index contributed by atoms with van der Waals surface area (Å²) in [4.78, 5) is 12.4. The van der Waals surface area contributed by atoms with Gasteiger partial charge in [0.05, 0.1) is 11.7 Å². The molecule has 10 heteroatoms. The smallest absolute Gasteiger partial charge is 0.282 e. The van der Waals surface area contributed by atoms with Crippen LogP contribution in [0.1, 0.15) is 68.4 Å². The molecule has 0 aromatic carbocycles. The van der Waals surface area contributed by atoms with Gasteiger partial charge in [0.1, 0.15) is 17.4 Å². The van der Waals surface area contributed by atoms with Gasteiger partial charge in [0.15, 0.2) is 0 Å². The van der Waals surface area contributed by atoms with E-state index in [1.165, 1.54) is 6.92 Å². The normalized spacial score (nSPS) is 14.1. The summed E-state index contributed by atoms with van der Waals surface area (Å²) in [6, 6.07) is -0.973. The molecule has 0 spiro atoms. The Bertz CT molecular complexity index is 771. The van der Waals surface area contributed by atoms with Crippen LogP contribution in [0.2, 0.25) is 0 Å². The molecule has 0 aliphatic carbocycles. The van der Waals surface area contributed by atoms with Gasteiger partial charge in [-0.05, 0) is 33.8 Å². The van der Waals surface area contributed by atoms with E-state index in [1.807, 2.05) is 6.92 Å². The monoisotopic (exact) mass is 375 g/mol.